The quantitative estimate of drug-likeness (QED) is 0.118. The Labute approximate surface area is 203 Å². The molecule has 0 N–H and O–H groups in total. The molecule has 0 aliphatic heterocycles. The van der Waals surface area contributed by atoms with E-state index in [9.17, 15) is 14.4 Å². The van der Waals surface area contributed by atoms with E-state index in [1.54, 1.807) is 24.3 Å². The summed E-state index contributed by atoms with van der Waals surface area (Å²) in [5.41, 5.74) is 1.46. The maximum Gasteiger partial charge on any atom is 0.330 e. The molecule has 0 atom stereocenters. The van der Waals surface area contributed by atoms with E-state index in [1.165, 1.54) is 0 Å². The second-order valence-corrected chi connectivity index (χ2v) is 8.07. The first-order chi connectivity index (χ1) is 16.4. The average molecular weight is 485 g/mol. The van der Waals surface area contributed by atoms with Crippen molar-refractivity contribution >= 4 is 28.8 Å². The van der Waals surface area contributed by atoms with Gasteiger partial charge in [0.25, 0.3) is 0 Å². The summed E-state index contributed by atoms with van der Waals surface area (Å²) in [4.78, 5) is 35.7. The van der Waals surface area contributed by atoms with Crippen molar-refractivity contribution in [3.05, 3.63) is 79.1 Å². The van der Waals surface area contributed by atoms with Crippen LogP contribution in [0.4, 0.5) is 0 Å². The average Bonchev–Trinajstić information content (AvgIpc) is 2.83. The number of ether oxygens (including phenoxy) is 4. The van der Waals surface area contributed by atoms with Gasteiger partial charge in [0, 0.05) is 29.4 Å². The van der Waals surface area contributed by atoms with Crippen LogP contribution in [0.25, 0.3) is 0 Å². The molecule has 0 bridgehead atoms. The van der Waals surface area contributed by atoms with E-state index in [0.29, 0.717) is 43.1 Å². The molecule has 0 fully saturated rings. The lowest BCUT2D eigenvalue weighted by Gasteiger charge is -2.11. The van der Waals surface area contributed by atoms with Crippen LogP contribution in [0.2, 0.25) is 0 Å². The van der Waals surface area contributed by atoms with Crippen molar-refractivity contribution in [1.82, 2.24) is 0 Å². The second kappa shape index (κ2) is 14.6. The van der Waals surface area contributed by atoms with Crippen molar-refractivity contribution < 1.29 is 33.3 Å². The Morgan fingerprint density at radius 3 is 2.35 bits per heavy atom. The van der Waals surface area contributed by atoms with Gasteiger partial charge in [0.05, 0.1) is 26.1 Å². The lowest BCUT2D eigenvalue weighted by Crippen LogP contribution is -2.07. The SMILES string of the molecule is C=COC(=O)CCCOc1ccc(C(=O)Sc2ccc(OCCCOC(=O)C=C)c(C)c2)cc1. The highest BCUT2D eigenvalue weighted by atomic mass is 32.2. The van der Waals surface area contributed by atoms with E-state index in [1.807, 2.05) is 25.1 Å². The Bertz CT molecular complexity index is 999. The van der Waals surface area contributed by atoms with Crippen molar-refractivity contribution in [1.29, 1.82) is 0 Å². The zero-order valence-corrected chi connectivity index (χ0v) is 19.9. The topological polar surface area (TPSA) is 88.1 Å². The standard InChI is InChI=1S/C26H28O7S/c1-4-24(27)33-17-7-16-32-23-14-13-22(18-19(23)3)34-26(29)20-9-11-21(12-10-20)31-15-6-8-25(28)30-5-2/h4-5,9-14,18H,1-2,6-8,15-17H2,3H3. The molecular formula is C26H28O7S. The Balaban J connectivity index is 1.78. The smallest absolute Gasteiger partial charge is 0.330 e. The van der Waals surface area contributed by atoms with Crippen molar-refractivity contribution in [3.8, 4) is 11.5 Å². The Morgan fingerprint density at radius 2 is 1.68 bits per heavy atom. The van der Waals surface area contributed by atoms with Gasteiger partial charge in [-0.3, -0.25) is 9.59 Å². The largest absolute Gasteiger partial charge is 0.494 e. The van der Waals surface area contributed by atoms with Gasteiger partial charge >= 0.3 is 11.9 Å². The number of thioether (sulfide) groups is 1. The third-order valence-electron chi connectivity index (χ3n) is 4.41. The van der Waals surface area contributed by atoms with Gasteiger partial charge in [-0.05, 0) is 73.1 Å². The Kier molecular flexibility index (Phi) is 11.5. The summed E-state index contributed by atoms with van der Waals surface area (Å²) in [6.07, 6.45) is 3.56. The molecule has 2 aromatic carbocycles. The summed E-state index contributed by atoms with van der Waals surface area (Å²) in [5, 5.41) is -0.0872. The Hall–Kier alpha value is -3.52. The number of rotatable bonds is 14. The number of benzene rings is 2. The van der Waals surface area contributed by atoms with Gasteiger partial charge in [-0.25, -0.2) is 4.79 Å². The first-order valence-corrected chi connectivity index (χ1v) is 11.5. The van der Waals surface area contributed by atoms with Gasteiger partial charge in [0.2, 0.25) is 5.12 Å². The van der Waals surface area contributed by atoms with Crippen LogP contribution in [0, 0.1) is 6.92 Å². The molecule has 8 heteroatoms. The number of hydrogen-bond acceptors (Lipinski definition) is 8. The molecule has 0 aliphatic rings. The van der Waals surface area contributed by atoms with Crippen LogP contribution in [-0.4, -0.2) is 36.9 Å². The number of esters is 2. The summed E-state index contributed by atoms with van der Waals surface area (Å²) in [6, 6.07) is 12.4. The summed E-state index contributed by atoms with van der Waals surface area (Å²) < 4.78 is 20.9. The molecule has 7 nitrogen and oxygen atoms in total. The van der Waals surface area contributed by atoms with E-state index >= 15 is 0 Å². The molecule has 2 aromatic rings. The summed E-state index contributed by atoms with van der Waals surface area (Å²) >= 11 is 1.13. The van der Waals surface area contributed by atoms with E-state index in [-0.39, 0.29) is 24.1 Å². The van der Waals surface area contributed by atoms with Crippen molar-refractivity contribution in [2.24, 2.45) is 0 Å². The molecule has 0 spiro atoms. The molecule has 0 aliphatic carbocycles. The van der Waals surface area contributed by atoms with Crippen LogP contribution in [0.15, 0.2) is 72.9 Å². The molecule has 34 heavy (non-hydrogen) atoms. The number of carbonyl (C=O) groups excluding carboxylic acids is 3. The molecule has 0 saturated heterocycles. The molecule has 0 heterocycles. The summed E-state index contributed by atoms with van der Waals surface area (Å²) in [6.45, 7) is 9.62. The van der Waals surface area contributed by atoms with Gasteiger partial charge in [-0.2, -0.15) is 0 Å². The fourth-order valence-corrected chi connectivity index (χ4v) is 3.57. The van der Waals surface area contributed by atoms with E-state index in [0.717, 1.165) is 34.6 Å². The molecular weight excluding hydrogens is 456 g/mol. The van der Waals surface area contributed by atoms with Gasteiger partial charge in [-0.15, -0.1) is 0 Å². The molecule has 0 radical (unpaired) electrons. The third-order valence-corrected chi connectivity index (χ3v) is 5.32. The first-order valence-electron chi connectivity index (χ1n) is 10.7. The third kappa shape index (κ3) is 9.54. The van der Waals surface area contributed by atoms with Crippen LogP contribution in [0.1, 0.15) is 35.2 Å². The van der Waals surface area contributed by atoms with Crippen LogP contribution in [0.3, 0.4) is 0 Å². The highest BCUT2D eigenvalue weighted by Gasteiger charge is 2.11. The number of hydrogen-bond donors (Lipinski definition) is 0. The van der Waals surface area contributed by atoms with Crippen LogP contribution < -0.4 is 9.47 Å². The van der Waals surface area contributed by atoms with E-state index in [4.69, 9.17) is 14.2 Å². The normalized spacial score (nSPS) is 10.1. The van der Waals surface area contributed by atoms with Crippen LogP contribution >= 0.6 is 11.8 Å². The molecule has 2 rings (SSSR count). The van der Waals surface area contributed by atoms with Gasteiger partial charge in [-0.1, -0.05) is 13.2 Å². The predicted octanol–water partition coefficient (Wildman–Crippen LogP) is 5.27. The predicted molar refractivity (Wildman–Crippen MR) is 130 cm³/mol. The molecule has 180 valence electrons. The maximum absolute atomic E-state index is 12.6. The van der Waals surface area contributed by atoms with Crippen LogP contribution in [0.5, 0.6) is 11.5 Å². The van der Waals surface area contributed by atoms with Gasteiger partial charge < -0.3 is 18.9 Å². The minimum Gasteiger partial charge on any atom is -0.494 e. The van der Waals surface area contributed by atoms with Crippen molar-refractivity contribution in [2.45, 2.75) is 31.1 Å². The molecule has 0 aromatic heterocycles. The molecule has 0 amide bonds. The highest BCUT2D eigenvalue weighted by molar-refractivity contribution is 8.14. The lowest BCUT2D eigenvalue weighted by atomic mass is 10.2. The van der Waals surface area contributed by atoms with Gasteiger partial charge in [0.15, 0.2) is 0 Å². The summed E-state index contributed by atoms with van der Waals surface area (Å²) in [7, 11) is 0. The minimum absolute atomic E-state index is 0.0872. The number of aryl methyl sites for hydroxylation is 1. The summed E-state index contributed by atoms with van der Waals surface area (Å²) in [5.74, 6) is 0.534. The van der Waals surface area contributed by atoms with Gasteiger partial charge in [0.1, 0.15) is 11.5 Å². The first kappa shape index (κ1) is 26.7. The fraction of sp³-hybridized carbons (Fsp3) is 0.269. The van der Waals surface area contributed by atoms with E-state index < -0.39 is 5.97 Å². The van der Waals surface area contributed by atoms with Crippen molar-refractivity contribution in [2.75, 3.05) is 19.8 Å². The van der Waals surface area contributed by atoms with E-state index in [2.05, 4.69) is 17.9 Å². The molecule has 0 unspecified atom stereocenters. The Morgan fingerprint density at radius 1 is 0.941 bits per heavy atom. The lowest BCUT2D eigenvalue weighted by molar-refractivity contribution is -0.139. The fourth-order valence-electron chi connectivity index (χ4n) is 2.73. The monoisotopic (exact) mass is 484 g/mol. The molecule has 0 saturated carbocycles. The number of carbonyl (C=O) groups is 3. The zero-order valence-electron chi connectivity index (χ0n) is 19.1. The van der Waals surface area contributed by atoms with Crippen LogP contribution in [-0.2, 0) is 19.1 Å². The highest BCUT2D eigenvalue weighted by Crippen LogP contribution is 2.28. The second-order valence-electron chi connectivity index (χ2n) is 7.02. The van der Waals surface area contributed by atoms with Crippen molar-refractivity contribution in [3.63, 3.8) is 0 Å². The zero-order chi connectivity index (χ0) is 24.8. The maximum atomic E-state index is 12.6. The minimum atomic E-state index is -0.451.